The normalized spacial score (nSPS) is 19.8. The number of sulfonamides is 1. The Bertz CT molecular complexity index is 712. The first-order valence-corrected chi connectivity index (χ1v) is 9.33. The van der Waals surface area contributed by atoms with Gasteiger partial charge in [-0.2, -0.15) is 4.31 Å². The van der Waals surface area contributed by atoms with E-state index < -0.39 is 10.0 Å². The molecule has 0 aliphatic carbocycles. The predicted molar refractivity (Wildman–Crippen MR) is 86.7 cm³/mol. The van der Waals surface area contributed by atoms with Crippen LogP contribution in [0, 0.1) is 6.92 Å². The molecule has 1 fully saturated rings. The van der Waals surface area contributed by atoms with Crippen molar-refractivity contribution in [1.82, 2.24) is 4.31 Å². The Kier molecular flexibility index (Phi) is 4.06. The molecule has 1 heterocycles. The second-order valence-corrected chi connectivity index (χ2v) is 8.14. The first-order chi connectivity index (χ1) is 10.1. The monoisotopic (exact) mass is 319 g/mol. The average molecular weight is 319 g/mol. The number of hydrogen-bond acceptors (Lipinski definition) is 3. The Labute approximate surface area is 130 Å². The highest BCUT2D eigenvalue weighted by Gasteiger charge is 2.36. The quantitative estimate of drug-likeness (QED) is 0.870. The second-order valence-electron chi connectivity index (χ2n) is 5.06. The summed E-state index contributed by atoms with van der Waals surface area (Å²) in [6.45, 7) is 2.51. The smallest absolute Gasteiger partial charge is 0.207 e. The van der Waals surface area contributed by atoms with Crippen LogP contribution in [0.3, 0.4) is 0 Å². The third kappa shape index (κ3) is 2.86. The van der Waals surface area contributed by atoms with Gasteiger partial charge in [-0.05, 0) is 24.6 Å². The molecule has 0 amide bonds. The number of nitrogens with zero attached hydrogens (tertiary/aromatic N) is 1. The molecular formula is C16H17NO2S2. The molecule has 1 aliphatic heterocycles. The van der Waals surface area contributed by atoms with E-state index in [1.165, 1.54) is 0 Å². The van der Waals surface area contributed by atoms with E-state index in [-0.39, 0.29) is 5.37 Å². The average Bonchev–Trinajstić information content (AvgIpc) is 2.99. The van der Waals surface area contributed by atoms with Gasteiger partial charge in [-0.25, -0.2) is 8.42 Å². The fourth-order valence-corrected chi connectivity index (χ4v) is 5.67. The lowest BCUT2D eigenvalue weighted by molar-refractivity contribution is 0.434. The Morgan fingerprint density at radius 1 is 1.05 bits per heavy atom. The molecule has 3 rings (SSSR count). The van der Waals surface area contributed by atoms with Gasteiger partial charge in [0.15, 0.2) is 0 Å². The summed E-state index contributed by atoms with van der Waals surface area (Å²) in [4.78, 5) is 0.372. The van der Waals surface area contributed by atoms with Crippen LogP contribution < -0.4 is 0 Å². The van der Waals surface area contributed by atoms with E-state index >= 15 is 0 Å². The van der Waals surface area contributed by atoms with Gasteiger partial charge in [0.25, 0.3) is 0 Å². The maximum Gasteiger partial charge on any atom is 0.244 e. The number of thioether (sulfide) groups is 1. The summed E-state index contributed by atoms with van der Waals surface area (Å²) >= 11 is 1.68. The van der Waals surface area contributed by atoms with Gasteiger partial charge < -0.3 is 0 Å². The van der Waals surface area contributed by atoms with Crippen LogP contribution in [0.5, 0.6) is 0 Å². The number of hydrogen-bond donors (Lipinski definition) is 0. The zero-order valence-corrected chi connectivity index (χ0v) is 13.4. The number of aryl methyl sites for hydroxylation is 1. The van der Waals surface area contributed by atoms with Crippen molar-refractivity contribution in [1.29, 1.82) is 0 Å². The molecule has 1 aliphatic rings. The molecule has 2 aromatic rings. The van der Waals surface area contributed by atoms with E-state index in [4.69, 9.17) is 0 Å². The molecule has 2 aromatic carbocycles. The first kappa shape index (κ1) is 14.6. The van der Waals surface area contributed by atoms with Gasteiger partial charge in [-0.1, -0.05) is 48.0 Å². The van der Waals surface area contributed by atoms with Crippen molar-refractivity contribution in [2.75, 3.05) is 12.3 Å². The fourth-order valence-electron chi connectivity index (χ4n) is 2.43. The van der Waals surface area contributed by atoms with E-state index in [0.717, 1.165) is 16.9 Å². The van der Waals surface area contributed by atoms with Gasteiger partial charge in [0.1, 0.15) is 0 Å². The van der Waals surface area contributed by atoms with Gasteiger partial charge in [0, 0.05) is 12.3 Å². The molecule has 1 atom stereocenters. The van der Waals surface area contributed by atoms with Gasteiger partial charge in [0.05, 0.1) is 10.3 Å². The van der Waals surface area contributed by atoms with Crippen LogP contribution >= 0.6 is 11.8 Å². The van der Waals surface area contributed by atoms with Crippen LogP contribution in [0.25, 0.3) is 0 Å². The molecule has 1 saturated heterocycles. The van der Waals surface area contributed by atoms with E-state index in [0.29, 0.717) is 11.4 Å². The lowest BCUT2D eigenvalue weighted by Gasteiger charge is -2.23. The van der Waals surface area contributed by atoms with Crippen molar-refractivity contribution in [2.45, 2.75) is 17.2 Å². The minimum atomic E-state index is -3.44. The van der Waals surface area contributed by atoms with Crippen LogP contribution in [0.15, 0.2) is 59.5 Å². The molecule has 0 N–H and O–H groups in total. The number of rotatable bonds is 3. The standard InChI is InChI=1S/C16H17NO2S2/c1-13-7-9-15(10-8-13)21(18,19)17-11-12-20-16(17)14-5-3-2-4-6-14/h2-10,16H,11-12H2,1H3/t16-/m0/s1. The van der Waals surface area contributed by atoms with E-state index in [1.807, 2.05) is 49.4 Å². The summed E-state index contributed by atoms with van der Waals surface area (Å²) in [5.41, 5.74) is 2.10. The van der Waals surface area contributed by atoms with Gasteiger partial charge in [-0.3, -0.25) is 0 Å². The van der Waals surface area contributed by atoms with Crippen LogP contribution in [0.4, 0.5) is 0 Å². The molecular weight excluding hydrogens is 302 g/mol. The molecule has 5 heteroatoms. The van der Waals surface area contributed by atoms with Crippen LogP contribution in [0.2, 0.25) is 0 Å². The van der Waals surface area contributed by atoms with Crippen molar-refractivity contribution in [3.63, 3.8) is 0 Å². The summed E-state index contributed by atoms with van der Waals surface area (Å²) in [6, 6.07) is 16.9. The Morgan fingerprint density at radius 2 is 1.71 bits per heavy atom. The van der Waals surface area contributed by atoms with Crippen molar-refractivity contribution < 1.29 is 8.42 Å². The molecule has 0 unspecified atom stereocenters. The van der Waals surface area contributed by atoms with Crippen LogP contribution in [-0.2, 0) is 10.0 Å². The third-order valence-electron chi connectivity index (χ3n) is 3.56. The zero-order chi connectivity index (χ0) is 14.9. The van der Waals surface area contributed by atoms with E-state index in [1.54, 1.807) is 28.2 Å². The molecule has 3 nitrogen and oxygen atoms in total. The van der Waals surface area contributed by atoms with Gasteiger partial charge in [-0.15, -0.1) is 11.8 Å². The second kappa shape index (κ2) is 5.83. The summed E-state index contributed by atoms with van der Waals surface area (Å²) in [5, 5.41) is -0.127. The molecule has 0 radical (unpaired) electrons. The van der Waals surface area contributed by atoms with Crippen LogP contribution in [-0.4, -0.2) is 25.0 Å². The van der Waals surface area contributed by atoms with Crippen molar-refractivity contribution >= 4 is 21.8 Å². The number of benzene rings is 2. The summed E-state index contributed by atoms with van der Waals surface area (Å²) in [5.74, 6) is 0.824. The molecule has 0 spiro atoms. The predicted octanol–water partition coefficient (Wildman–Crippen LogP) is 3.43. The lowest BCUT2D eigenvalue weighted by atomic mass is 10.2. The highest BCUT2D eigenvalue weighted by molar-refractivity contribution is 8.01. The summed E-state index contributed by atoms with van der Waals surface area (Å²) in [6.07, 6.45) is 0. The summed E-state index contributed by atoms with van der Waals surface area (Å²) < 4.78 is 27.3. The van der Waals surface area contributed by atoms with Gasteiger partial charge >= 0.3 is 0 Å². The molecule has 0 bridgehead atoms. The van der Waals surface area contributed by atoms with Crippen LogP contribution in [0.1, 0.15) is 16.5 Å². The SMILES string of the molecule is Cc1ccc(S(=O)(=O)N2CCS[C@H]2c2ccccc2)cc1. The minimum absolute atomic E-state index is 0.127. The van der Waals surface area contributed by atoms with Crippen molar-refractivity contribution in [2.24, 2.45) is 0 Å². The first-order valence-electron chi connectivity index (χ1n) is 6.84. The fraction of sp³-hybridized carbons (Fsp3) is 0.250. The molecule has 110 valence electrons. The topological polar surface area (TPSA) is 37.4 Å². The molecule has 21 heavy (non-hydrogen) atoms. The highest BCUT2D eigenvalue weighted by Crippen LogP contribution is 2.41. The Balaban J connectivity index is 1.96. The molecule has 0 saturated carbocycles. The van der Waals surface area contributed by atoms with Gasteiger partial charge in [0.2, 0.25) is 10.0 Å². The minimum Gasteiger partial charge on any atom is -0.207 e. The molecule has 0 aromatic heterocycles. The largest absolute Gasteiger partial charge is 0.244 e. The Morgan fingerprint density at radius 3 is 2.38 bits per heavy atom. The van der Waals surface area contributed by atoms with E-state index in [9.17, 15) is 8.42 Å². The zero-order valence-electron chi connectivity index (χ0n) is 11.8. The van der Waals surface area contributed by atoms with Crippen molar-refractivity contribution in [3.05, 3.63) is 65.7 Å². The third-order valence-corrected chi connectivity index (χ3v) is 6.83. The Hall–Kier alpha value is -1.30. The lowest BCUT2D eigenvalue weighted by Crippen LogP contribution is -2.30. The maximum absolute atomic E-state index is 12.8. The van der Waals surface area contributed by atoms with E-state index in [2.05, 4.69) is 0 Å². The highest BCUT2D eigenvalue weighted by atomic mass is 32.2. The van der Waals surface area contributed by atoms with Crippen molar-refractivity contribution in [3.8, 4) is 0 Å². The summed E-state index contributed by atoms with van der Waals surface area (Å²) in [7, 11) is -3.44. The maximum atomic E-state index is 12.8.